The second-order valence-corrected chi connectivity index (χ2v) is 7.07. The first kappa shape index (κ1) is 15.3. The monoisotopic (exact) mass is 294 g/mol. The van der Waals surface area contributed by atoms with Gasteiger partial charge in [-0.05, 0) is 12.8 Å². The number of hydrogen-bond acceptors (Lipinski definition) is 5. The van der Waals surface area contributed by atoms with Gasteiger partial charge in [-0.3, -0.25) is 4.79 Å². The summed E-state index contributed by atoms with van der Waals surface area (Å²) in [5.74, 6) is -1.37. The van der Waals surface area contributed by atoms with E-state index in [1.165, 1.54) is 4.31 Å². The highest BCUT2D eigenvalue weighted by atomic mass is 32.2. The smallest absolute Gasteiger partial charge is 0.322 e. The van der Waals surface area contributed by atoms with E-state index in [0.29, 0.717) is 30.9 Å². The molecule has 0 aromatic heterocycles. The molecule has 1 saturated heterocycles. The minimum Gasteiger partial charge on any atom is -0.468 e. The van der Waals surface area contributed by atoms with Crippen LogP contribution in [-0.4, -0.2) is 49.6 Å². The second kappa shape index (κ2) is 5.50. The lowest BCUT2D eigenvalue weighted by Crippen LogP contribution is -2.47. The van der Waals surface area contributed by atoms with Crippen molar-refractivity contribution in [3.63, 3.8) is 0 Å². The average Bonchev–Trinajstić information content (AvgIpc) is 2.28. The number of piperidine rings is 1. The standard InChI is InChI=1S/C10H18N2O4S2/c1-10(9(11)17)3-5-12(6-4-10)18(14,15)7-8(13)16-2/h3-7H2,1-2H3,(H2,11,17). The van der Waals surface area contributed by atoms with Gasteiger partial charge < -0.3 is 10.5 Å². The molecule has 1 heterocycles. The number of carbonyl (C=O) groups is 1. The lowest BCUT2D eigenvalue weighted by molar-refractivity contribution is -0.137. The van der Waals surface area contributed by atoms with Crippen LogP contribution in [0.5, 0.6) is 0 Å². The fourth-order valence-corrected chi connectivity index (χ4v) is 3.34. The SMILES string of the molecule is COC(=O)CS(=O)(=O)N1CCC(C)(C(N)=S)CC1. The number of rotatable bonds is 4. The maximum Gasteiger partial charge on any atom is 0.322 e. The summed E-state index contributed by atoms with van der Waals surface area (Å²) in [7, 11) is -2.43. The summed E-state index contributed by atoms with van der Waals surface area (Å²) in [4.78, 5) is 11.4. The zero-order chi connectivity index (χ0) is 14.0. The van der Waals surface area contributed by atoms with Gasteiger partial charge in [0.1, 0.15) is 0 Å². The summed E-state index contributed by atoms with van der Waals surface area (Å²) < 4.78 is 29.5. The quantitative estimate of drug-likeness (QED) is 0.574. The van der Waals surface area contributed by atoms with Crippen LogP contribution < -0.4 is 5.73 Å². The summed E-state index contributed by atoms with van der Waals surface area (Å²) in [6, 6.07) is 0. The van der Waals surface area contributed by atoms with Crippen LogP contribution in [0.25, 0.3) is 0 Å². The number of nitrogens with zero attached hydrogens (tertiary/aromatic N) is 1. The van der Waals surface area contributed by atoms with Gasteiger partial charge in [0.25, 0.3) is 0 Å². The molecule has 0 aromatic rings. The number of methoxy groups -OCH3 is 1. The number of sulfonamides is 1. The Morgan fingerprint density at radius 2 is 1.94 bits per heavy atom. The summed E-state index contributed by atoms with van der Waals surface area (Å²) in [6.07, 6.45) is 1.14. The van der Waals surface area contributed by atoms with Crippen molar-refractivity contribution in [2.45, 2.75) is 19.8 Å². The molecular formula is C10H18N2O4S2. The van der Waals surface area contributed by atoms with Crippen LogP contribution in [0.4, 0.5) is 0 Å². The molecule has 2 N–H and O–H groups in total. The Morgan fingerprint density at radius 1 is 1.44 bits per heavy atom. The zero-order valence-corrected chi connectivity index (χ0v) is 12.1. The molecule has 1 aliphatic heterocycles. The third kappa shape index (κ3) is 3.39. The molecule has 1 rings (SSSR count). The molecule has 8 heteroatoms. The molecule has 0 atom stereocenters. The molecule has 6 nitrogen and oxygen atoms in total. The van der Waals surface area contributed by atoms with Crippen LogP contribution in [0.3, 0.4) is 0 Å². The van der Waals surface area contributed by atoms with Crippen molar-refractivity contribution >= 4 is 33.2 Å². The van der Waals surface area contributed by atoms with E-state index in [1.54, 1.807) is 0 Å². The fourth-order valence-electron chi connectivity index (χ4n) is 1.80. The Balaban J connectivity index is 2.68. The Morgan fingerprint density at radius 3 is 2.33 bits per heavy atom. The van der Waals surface area contributed by atoms with E-state index < -0.39 is 21.7 Å². The zero-order valence-electron chi connectivity index (χ0n) is 10.5. The second-order valence-electron chi connectivity index (χ2n) is 4.66. The highest BCUT2D eigenvalue weighted by Crippen LogP contribution is 2.32. The molecule has 0 aromatic carbocycles. The van der Waals surface area contributed by atoms with Crippen molar-refractivity contribution in [3.8, 4) is 0 Å². The largest absolute Gasteiger partial charge is 0.468 e. The van der Waals surface area contributed by atoms with E-state index in [9.17, 15) is 13.2 Å². The molecule has 104 valence electrons. The van der Waals surface area contributed by atoms with Crippen molar-refractivity contribution < 1.29 is 17.9 Å². The Kier molecular flexibility index (Phi) is 4.68. The van der Waals surface area contributed by atoms with Gasteiger partial charge in [-0.25, -0.2) is 12.7 Å². The fraction of sp³-hybridized carbons (Fsp3) is 0.800. The highest BCUT2D eigenvalue weighted by Gasteiger charge is 2.37. The molecule has 18 heavy (non-hydrogen) atoms. The lowest BCUT2D eigenvalue weighted by Gasteiger charge is -2.37. The molecule has 0 amide bonds. The first-order valence-electron chi connectivity index (χ1n) is 5.56. The van der Waals surface area contributed by atoms with Crippen LogP contribution in [0.15, 0.2) is 0 Å². The van der Waals surface area contributed by atoms with Gasteiger partial charge in [-0.2, -0.15) is 0 Å². The van der Waals surface area contributed by atoms with Crippen molar-refractivity contribution in [2.75, 3.05) is 26.0 Å². The van der Waals surface area contributed by atoms with Gasteiger partial charge in [0, 0.05) is 18.5 Å². The molecule has 1 fully saturated rings. The Bertz CT molecular complexity index is 439. The number of carbonyl (C=O) groups excluding carboxylic acids is 1. The van der Waals surface area contributed by atoms with Crippen molar-refractivity contribution in [1.82, 2.24) is 4.31 Å². The van der Waals surface area contributed by atoms with Gasteiger partial charge in [0.05, 0.1) is 12.1 Å². The molecule has 0 saturated carbocycles. The summed E-state index contributed by atoms with van der Waals surface area (Å²) in [5.41, 5.74) is 5.35. The van der Waals surface area contributed by atoms with Crippen molar-refractivity contribution in [1.29, 1.82) is 0 Å². The molecule has 0 bridgehead atoms. The van der Waals surface area contributed by atoms with Crippen LogP contribution in [0.2, 0.25) is 0 Å². The van der Waals surface area contributed by atoms with E-state index >= 15 is 0 Å². The van der Waals surface area contributed by atoms with Gasteiger partial charge in [-0.1, -0.05) is 19.1 Å². The minimum atomic E-state index is -3.60. The summed E-state index contributed by atoms with van der Waals surface area (Å²) >= 11 is 4.99. The van der Waals surface area contributed by atoms with Crippen LogP contribution in [0, 0.1) is 5.41 Å². The first-order valence-corrected chi connectivity index (χ1v) is 7.57. The number of nitrogens with two attached hydrogens (primary N) is 1. The highest BCUT2D eigenvalue weighted by molar-refractivity contribution is 7.89. The minimum absolute atomic E-state index is 0.299. The van der Waals surface area contributed by atoms with Gasteiger partial charge in [-0.15, -0.1) is 0 Å². The molecule has 0 unspecified atom stereocenters. The predicted molar refractivity (Wildman–Crippen MR) is 71.5 cm³/mol. The average molecular weight is 294 g/mol. The number of hydrogen-bond donors (Lipinski definition) is 1. The molecule has 0 spiro atoms. The molecule has 0 aliphatic carbocycles. The van der Waals surface area contributed by atoms with E-state index in [2.05, 4.69) is 4.74 Å². The lowest BCUT2D eigenvalue weighted by atomic mass is 9.81. The van der Waals surface area contributed by atoms with Gasteiger partial charge in [0.15, 0.2) is 5.75 Å². The third-order valence-corrected chi connectivity index (χ3v) is 5.59. The molecule has 0 radical (unpaired) electrons. The van der Waals surface area contributed by atoms with E-state index in [0.717, 1.165) is 7.11 Å². The summed E-state index contributed by atoms with van der Waals surface area (Å²) in [6.45, 7) is 2.58. The maximum absolute atomic E-state index is 11.9. The summed E-state index contributed by atoms with van der Waals surface area (Å²) in [5, 5.41) is 0. The topological polar surface area (TPSA) is 89.7 Å². The van der Waals surface area contributed by atoms with Crippen LogP contribution in [-0.2, 0) is 19.6 Å². The molecule has 1 aliphatic rings. The Labute approximate surface area is 113 Å². The third-order valence-electron chi connectivity index (χ3n) is 3.34. The van der Waals surface area contributed by atoms with Gasteiger partial charge >= 0.3 is 5.97 Å². The van der Waals surface area contributed by atoms with Crippen LogP contribution >= 0.6 is 12.2 Å². The molecular weight excluding hydrogens is 276 g/mol. The van der Waals surface area contributed by atoms with Crippen molar-refractivity contribution in [2.24, 2.45) is 11.1 Å². The first-order chi connectivity index (χ1) is 8.21. The Hall–Kier alpha value is -0.730. The van der Waals surface area contributed by atoms with Gasteiger partial charge in [0.2, 0.25) is 10.0 Å². The maximum atomic E-state index is 11.9. The van der Waals surface area contributed by atoms with E-state index in [4.69, 9.17) is 18.0 Å². The number of thiocarbonyl (C=S) groups is 1. The predicted octanol–water partition coefficient (Wildman–Crippen LogP) is -0.123. The van der Waals surface area contributed by atoms with Crippen LogP contribution in [0.1, 0.15) is 19.8 Å². The number of ether oxygens (including phenoxy) is 1. The van der Waals surface area contributed by atoms with Crippen molar-refractivity contribution in [3.05, 3.63) is 0 Å². The number of esters is 1. The normalized spacial score (nSPS) is 20.3. The van der Waals surface area contributed by atoms with E-state index in [1.807, 2.05) is 6.92 Å². The van der Waals surface area contributed by atoms with E-state index in [-0.39, 0.29) is 5.41 Å².